The number of rotatable bonds is 2. The first-order chi connectivity index (χ1) is 6.16. The third-order valence-corrected chi connectivity index (χ3v) is 3.07. The number of hydrogen-bond donors (Lipinski definition) is 0. The van der Waals surface area contributed by atoms with Gasteiger partial charge in [-0.25, -0.2) is 0 Å². The van der Waals surface area contributed by atoms with E-state index in [0.717, 1.165) is 18.5 Å². The molecule has 2 rings (SSSR count). The molecule has 1 aliphatic rings. The zero-order valence-corrected chi connectivity index (χ0v) is 8.57. The second-order valence-electron chi connectivity index (χ2n) is 4.17. The summed E-state index contributed by atoms with van der Waals surface area (Å²) in [7, 11) is 1.96. The molecule has 1 fully saturated rings. The molecule has 0 spiro atoms. The monoisotopic (exact) mass is 179 g/mol. The topological polar surface area (TPSA) is 21.1 Å². The van der Waals surface area contributed by atoms with Gasteiger partial charge in [-0.05, 0) is 12.8 Å². The van der Waals surface area contributed by atoms with Crippen molar-refractivity contribution in [2.75, 3.05) is 6.54 Å². The van der Waals surface area contributed by atoms with Crippen molar-refractivity contribution in [3.8, 4) is 0 Å². The van der Waals surface area contributed by atoms with Crippen LogP contribution in [0.25, 0.3) is 0 Å². The van der Waals surface area contributed by atoms with Crippen LogP contribution in [0.5, 0.6) is 0 Å². The maximum absolute atomic E-state index is 4.16. The van der Waals surface area contributed by atoms with Crippen LogP contribution >= 0.6 is 0 Å². The molecule has 0 N–H and O–H groups in total. The molecule has 3 nitrogen and oxygen atoms in total. The Labute approximate surface area is 79.3 Å². The lowest BCUT2D eigenvalue weighted by molar-refractivity contribution is 0.0306. The number of nitrogens with zero attached hydrogens (tertiary/aromatic N) is 3. The molecule has 0 aromatic carbocycles. The number of hydrogen-bond acceptors (Lipinski definition) is 2. The Morgan fingerprint density at radius 1 is 1.54 bits per heavy atom. The van der Waals surface area contributed by atoms with Crippen LogP contribution in [0.4, 0.5) is 0 Å². The normalized spacial score (nSPS) is 28.8. The van der Waals surface area contributed by atoms with Gasteiger partial charge in [-0.2, -0.15) is 5.10 Å². The SMILES string of the molecule is CC1CN(Cc2cnn(C)c2)C1C. The Kier molecular flexibility index (Phi) is 2.12. The summed E-state index contributed by atoms with van der Waals surface area (Å²) in [6.07, 6.45) is 4.05. The lowest BCUT2D eigenvalue weighted by Gasteiger charge is -2.44. The van der Waals surface area contributed by atoms with Gasteiger partial charge in [-0.15, -0.1) is 0 Å². The minimum Gasteiger partial charge on any atom is -0.296 e. The van der Waals surface area contributed by atoms with E-state index in [1.165, 1.54) is 12.1 Å². The molecule has 72 valence electrons. The highest BCUT2D eigenvalue weighted by molar-refractivity contribution is 5.05. The first-order valence-corrected chi connectivity index (χ1v) is 4.88. The van der Waals surface area contributed by atoms with Gasteiger partial charge in [0.25, 0.3) is 0 Å². The zero-order valence-electron chi connectivity index (χ0n) is 8.57. The first kappa shape index (κ1) is 8.75. The summed E-state index contributed by atoms with van der Waals surface area (Å²) >= 11 is 0. The van der Waals surface area contributed by atoms with E-state index >= 15 is 0 Å². The van der Waals surface area contributed by atoms with Gasteiger partial charge in [0.15, 0.2) is 0 Å². The van der Waals surface area contributed by atoms with E-state index in [1.54, 1.807) is 0 Å². The zero-order chi connectivity index (χ0) is 9.42. The largest absolute Gasteiger partial charge is 0.296 e. The summed E-state index contributed by atoms with van der Waals surface area (Å²) < 4.78 is 1.86. The quantitative estimate of drug-likeness (QED) is 0.681. The third-order valence-electron chi connectivity index (χ3n) is 3.07. The highest BCUT2D eigenvalue weighted by atomic mass is 15.3. The predicted molar refractivity (Wildman–Crippen MR) is 52.2 cm³/mol. The molecule has 2 unspecified atom stereocenters. The van der Waals surface area contributed by atoms with Crippen molar-refractivity contribution in [2.24, 2.45) is 13.0 Å². The highest BCUT2D eigenvalue weighted by Gasteiger charge is 2.31. The van der Waals surface area contributed by atoms with E-state index in [1.807, 2.05) is 17.9 Å². The second kappa shape index (κ2) is 3.14. The van der Waals surface area contributed by atoms with Crippen molar-refractivity contribution in [1.82, 2.24) is 14.7 Å². The van der Waals surface area contributed by atoms with Gasteiger partial charge in [0.2, 0.25) is 0 Å². The fourth-order valence-electron chi connectivity index (χ4n) is 1.91. The van der Waals surface area contributed by atoms with Crippen LogP contribution in [-0.4, -0.2) is 27.3 Å². The van der Waals surface area contributed by atoms with Crippen molar-refractivity contribution in [3.05, 3.63) is 18.0 Å². The summed E-state index contributed by atoms with van der Waals surface area (Å²) in [6.45, 7) is 6.89. The van der Waals surface area contributed by atoms with E-state index in [-0.39, 0.29) is 0 Å². The molecule has 0 bridgehead atoms. The van der Waals surface area contributed by atoms with Crippen LogP contribution in [0.1, 0.15) is 19.4 Å². The molecule has 0 amide bonds. The fourth-order valence-corrected chi connectivity index (χ4v) is 1.91. The molecule has 0 radical (unpaired) electrons. The Hall–Kier alpha value is -0.830. The van der Waals surface area contributed by atoms with Crippen LogP contribution in [0.3, 0.4) is 0 Å². The van der Waals surface area contributed by atoms with Crippen LogP contribution in [0, 0.1) is 5.92 Å². The fraction of sp³-hybridized carbons (Fsp3) is 0.700. The van der Waals surface area contributed by atoms with E-state index in [0.29, 0.717) is 0 Å². The van der Waals surface area contributed by atoms with Gasteiger partial charge in [0.1, 0.15) is 0 Å². The van der Waals surface area contributed by atoms with Gasteiger partial charge in [0.05, 0.1) is 6.20 Å². The molecule has 1 aromatic rings. The summed E-state index contributed by atoms with van der Waals surface area (Å²) in [4.78, 5) is 2.49. The van der Waals surface area contributed by atoms with E-state index in [9.17, 15) is 0 Å². The Morgan fingerprint density at radius 3 is 2.77 bits per heavy atom. The average molecular weight is 179 g/mol. The van der Waals surface area contributed by atoms with Gasteiger partial charge >= 0.3 is 0 Å². The smallest absolute Gasteiger partial charge is 0.0534 e. The maximum Gasteiger partial charge on any atom is 0.0534 e. The van der Waals surface area contributed by atoms with Crippen molar-refractivity contribution in [3.63, 3.8) is 0 Å². The minimum absolute atomic E-state index is 0.736. The average Bonchev–Trinajstić information content (AvgIpc) is 2.50. The van der Waals surface area contributed by atoms with Crippen LogP contribution in [-0.2, 0) is 13.6 Å². The predicted octanol–water partition coefficient (Wildman–Crippen LogP) is 1.26. The summed E-state index contributed by atoms with van der Waals surface area (Å²) in [5.74, 6) is 0.858. The van der Waals surface area contributed by atoms with Crippen LogP contribution < -0.4 is 0 Å². The molecular formula is C10H17N3. The molecule has 3 heteroatoms. The van der Waals surface area contributed by atoms with E-state index < -0.39 is 0 Å². The Bertz CT molecular complexity index is 292. The van der Waals surface area contributed by atoms with Gasteiger partial charge in [-0.1, -0.05) is 6.92 Å². The minimum atomic E-state index is 0.736. The maximum atomic E-state index is 4.16. The van der Waals surface area contributed by atoms with Crippen molar-refractivity contribution in [1.29, 1.82) is 0 Å². The molecule has 0 saturated carbocycles. The van der Waals surface area contributed by atoms with E-state index in [4.69, 9.17) is 0 Å². The summed E-state index contributed by atoms with van der Waals surface area (Å²) in [6, 6.07) is 0.736. The second-order valence-corrected chi connectivity index (χ2v) is 4.17. The van der Waals surface area contributed by atoms with Gasteiger partial charge in [-0.3, -0.25) is 9.58 Å². The van der Waals surface area contributed by atoms with Crippen LogP contribution in [0.2, 0.25) is 0 Å². The van der Waals surface area contributed by atoms with Crippen molar-refractivity contribution in [2.45, 2.75) is 26.4 Å². The standard InChI is InChI=1S/C10H17N3/c1-8-5-13(9(8)2)7-10-4-11-12(3)6-10/h4,6,8-9H,5,7H2,1-3H3. The number of likely N-dealkylation sites (tertiary alicyclic amines) is 1. The molecular weight excluding hydrogens is 162 g/mol. The lowest BCUT2D eigenvalue weighted by atomic mass is 9.92. The molecule has 0 aliphatic carbocycles. The molecule has 1 aromatic heterocycles. The first-order valence-electron chi connectivity index (χ1n) is 4.88. The Balaban J connectivity index is 1.93. The van der Waals surface area contributed by atoms with Crippen molar-refractivity contribution < 1.29 is 0 Å². The lowest BCUT2D eigenvalue weighted by Crippen LogP contribution is -2.52. The molecule has 13 heavy (non-hydrogen) atoms. The summed E-state index contributed by atoms with van der Waals surface area (Å²) in [5.41, 5.74) is 1.32. The highest BCUT2D eigenvalue weighted by Crippen LogP contribution is 2.25. The van der Waals surface area contributed by atoms with Crippen LogP contribution in [0.15, 0.2) is 12.4 Å². The van der Waals surface area contributed by atoms with E-state index in [2.05, 4.69) is 30.0 Å². The molecule has 1 aliphatic heterocycles. The number of aryl methyl sites for hydroxylation is 1. The van der Waals surface area contributed by atoms with Gasteiger partial charge in [0, 0.05) is 37.9 Å². The molecule has 2 heterocycles. The summed E-state index contributed by atoms with van der Waals surface area (Å²) in [5, 5.41) is 4.16. The third kappa shape index (κ3) is 1.61. The number of aromatic nitrogens is 2. The molecule has 1 saturated heterocycles. The Morgan fingerprint density at radius 2 is 2.31 bits per heavy atom. The molecule has 2 atom stereocenters. The van der Waals surface area contributed by atoms with Gasteiger partial charge < -0.3 is 0 Å². The van der Waals surface area contributed by atoms with Crippen molar-refractivity contribution >= 4 is 0 Å².